The van der Waals surface area contributed by atoms with E-state index in [1.807, 2.05) is 38.1 Å². The number of alkyl halides is 1. The number of carbonyl (C=O) groups excluding carboxylic acids is 1. The van der Waals surface area contributed by atoms with Gasteiger partial charge >= 0.3 is 0 Å². The molecule has 0 bridgehead atoms. The van der Waals surface area contributed by atoms with Crippen LogP contribution < -0.4 is 10.1 Å². The quantitative estimate of drug-likeness (QED) is 0.744. The topological polar surface area (TPSA) is 38.3 Å². The number of amides is 1. The van der Waals surface area contributed by atoms with Gasteiger partial charge in [-0.1, -0.05) is 19.1 Å². The van der Waals surface area contributed by atoms with E-state index in [0.29, 0.717) is 19.6 Å². The molecule has 0 aliphatic heterocycles. The molecule has 1 aromatic carbocycles. The Balaban J connectivity index is 2.13. The third-order valence-electron chi connectivity index (χ3n) is 2.81. The summed E-state index contributed by atoms with van der Waals surface area (Å²) in [6.07, 6.45) is 2.10. The van der Waals surface area contributed by atoms with E-state index in [4.69, 9.17) is 16.3 Å². The Morgan fingerprint density at radius 1 is 1.47 bits per heavy atom. The minimum atomic E-state index is 0.00706. The molecule has 0 saturated carbocycles. The van der Waals surface area contributed by atoms with Gasteiger partial charge in [0.05, 0.1) is 13.0 Å². The standard InChI is InChI=1S/C15H22ClNO2/c1-3-13(16)7-9-17-15(18)8-10-19-14-6-4-5-12(2)11-14/h4-6,11,13H,3,7-10H2,1-2H3,(H,17,18). The van der Waals surface area contributed by atoms with Crippen molar-refractivity contribution in [2.45, 2.75) is 38.5 Å². The molecular formula is C15H22ClNO2. The van der Waals surface area contributed by atoms with Gasteiger partial charge in [-0.05, 0) is 37.5 Å². The Kier molecular flexibility index (Phi) is 7.34. The molecule has 4 heteroatoms. The molecule has 0 saturated heterocycles. The van der Waals surface area contributed by atoms with Gasteiger partial charge in [0, 0.05) is 11.9 Å². The number of ether oxygens (including phenoxy) is 1. The highest BCUT2D eigenvalue weighted by Gasteiger charge is 2.04. The van der Waals surface area contributed by atoms with Crippen molar-refractivity contribution in [3.05, 3.63) is 29.8 Å². The highest BCUT2D eigenvalue weighted by Crippen LogP contribution is 2.12. The molecule has 1 amide bonds. The molecule has 0 fully saturated rings. The Hall–Kier alpha value is -1.22. The van der Waals surface area contributed by atoms with Crippen molar-refractivity contribution in [1.82, 2.24) is 5.32 Å². The van der Waals surface area contributed by atoms with Gasteiger partial charge in [-0.3, -0.25) is 4.79 Å². The van der Waals surface area contributed by atoms with Crippen LogP contribution in [0, 0.1) is 6.92 Å². The van der Waals surface area contributed by atoms with Gasteiger partial charge < -0.3 is 10.1 Å². The fourth-order valence-electron chi connectivity index (χ4n) is 1.63. The van der Waals surface area contributed by atoms with Crippen molar-refractivity contribution >= 4 is 17.5 Å². The Bertz CT molecular complexity index is 395. The molecule has 0 aromatic heterocycles. The van der Waals surface area contributed by atoms with Crippen LogP contribution in [0.2, 0.25) is 0 Å². The molecule has 1 aromatic rings. The van der Waals surface area contributed by atoms with Crippen LogP contribution in [-0.2, 0) is 4.79 Å². The summed E-state index contributed by atoms with van der Waals surface area (Å²) in [7, 11) is 0. The smallest absolute Gasteiger partial charge is 0.223 e. The van der Waals surface area contributed by atoms with Gasteiger partial charge in [0.15, 0.2) is 0 Å². The molecule has 19 heavy (non-hydrogen) atoms. The van der Waals surface area contributed by atoms with Gasteiger partial charge in [0.2, 0.25) is 5.91 Å². The summed E-state index contributed by atoms with van der Waals surface area (Å²) in [6.45, 7) is 5.07. The summed E-state index contributed by atoms with van der Waals surface area (Å²) in [5.41, 5.74) is 1.15. The van der Waals surface area contributed by atoms with Gasteiger partial charge in [-0.15, -0.1) is 11.6 Å². The molecule has 0 heterocycles. The summed E-state index contributed by atoms with van der Waals surface area (Å²) < 4.78 is 5.52. The van der Waals surface area contributed by atoms with Gasteiger partial charge in [-0.25, -0.2) is 0 Å². The SMILES string of the molecule is CCC(Cl)CCNC(=O)CCOc1cccc(C)c1. The van der Waals surface area contributed by atoms with Crippen LogP contribution in [0.1, 0.15) is 31.7 Å². The van der Waals surface area contributed by atoms with Crippen LogP contribution in [0.25, 0.3) is 0 Å². The van der Waals surface area contributed by atoms with E-state index >= 15 is 0 Å². The molecule has 1 N–H and O–H groups in total. The van der Waals surface area contributed by atoms with E-state index in [9.17, 15) is 4.79 Å². The Morgan fingerprint density at radius 3 is 2.95 bits per heavy atom. The van der Waals surface area contributed by atoms with E-state index in [-0.39, 0.29) is 11.3 Å². The molecule has 106 valence electrons. The summed E-state index contributed by atoms with van der Waals surface area (Å²) in [6, 6.07) is 7.80. The van der Waals surface area contributed by atoms with Crippen molar-refractivity contribution < 1.29 is 9.53 Å². The first-order valence-electron chi connectivity index (χ1n) is 6.72. The van der Waals surface area contributed by atoms with Crippen LogP contribution in [0.5, 0.6) is 5.75 Å². The number of rotatable bonds is 8. The first-order valence-corrected chi connectivity index (χ1v) is 7.15. The number of aryl methyl sites for hydroxylation is 1. The fraction of sp³-hybridized carbons (Fsp3) is 0.533. The predicted molar refractivity (Wildman–Crippen MR) is 78.8 cm³/mol. The predicted octanol–water partition coefficient (Wildman–Crippen LogP) is 3.29. The maximum absolute atomic E-state index is 11.5. The van der Waals surface area contributed by atoms with E-state index in [2.05, 4.69) is 5.32 Å². The lowest BCUT2D eigenvalue weighted by Crippen LogP contribution is -2.27. The molecule has 0 aliphatic carbocycles. The average molecular weight is 284 g/mol. The van der Waals surface area contributed by atoms with Crippen molar-refractivity contribution in [2.75, 3.05) is 13.2 Å². The minimum absolute atomic E-state index is 0.00706. The Morgan fingerprint density at radius 2 is 2.26 bits per heavy atom. The largest absolute Gasteiger partial charge is 0.493 e. The van der Waals surface area contributed by atoms with Crippen molar-refractivity contribution in [3.8, 4) is 5.75 Å². The van der Waals surface area contributed by atoms with Crippen LogP contribution in [0.3, 0.4) is 0 Å². The Labute approximate surface area is 120 Å². The van der Waals surface area contributed by atoms with Gasteiger partial charge in [-0.2, -0.15) is 0 Å². The first kappa shape index (κ1) is 15.8. The summed E-state index contributed by atoms with van der Waals surface area (Å²) >= 11 is 5.97. The lowest BCUT2D eigenvalue weighted by atomic mass is 10.2. The fourth-order valence-corrected chi connectivity index (χ4v) is 1.74. The molecular weight excluding hydrogens is 262 g/mol. The minimum Gasteiger partial charge on any atom is -0.493 e. The van der Waals surface area contributed by atoms with Crippen LogP contribution in [0.15, 0.2) is 24.3 Å². The van der Waals surface area contributed by atoms with Crippen LogP contribution in [0.4, 0.5) is 0 Å². The average Bonchev–Trinajstić information content (AvgIpc) is 2.38. The zero-order valence-electron chi connectivity index (χ0n) is 11.6. The summed E-state index contributed by atoms with van der Waals surface area (Å²) in [5, 5.41) is 2.98. The maximum atomic E-state index is 11.5. The normalized spacial score (nSPS) is 11.9. The molecule has 1 unspecified atom stereocenters. The van der Waals surface area contributed by atoms with Crippen LogP contribution in [-0.4, -0.2) is 24.4 Å². The highest BCUT2D eigenvalue weighted by atomic mass is 35.5. The molecule has 3 nitrogen and oxygen atoms in total. The first-order chi connectivity index (χ1) is 9.11. The number of hydrogen-bond acceptors (Lipinski definition) is 2. The third-order valence-corrected chi connectivity index (χ3v) is 3.34. The second kappa shape index (κ2) is 8.81. The molecule has 0 radical (unpaired) electrons. The van der Waals surface area contributed by atoms with Crippen molar-refractivity contribution in [1.29, 1.82) is 0 Å². The van der Waals surface area contributed by atoms with Crippen molar-refractivity contribution in [3.63, 3.8) is 0 Å². The lowest BCUT2D eigenvalue weighted by Gasteiger charge is -2.09. The summed E-state index contributed by atoms with van der Waals surface area (Å²) in [4.78, 5) is 11.5. The molecule has 1 rings (SSSR count). The second-order valence-corrected chi connectivity index (χ2v) is 5.18. The number of nitrogens with one attached hydrogen (secondary N) is 1. The molecule has 0 spiro atoms. The van der Waals surface area contributed by atoms with Crippen molar-refractivity contribution in [2.24, 2.45) is 0 Å². The van der Waals surface area contributed by atoms with E-state index in [0.717, 1.165) is 24.2 Å². The maximum Gasteiger partial charge on any atom is 0.223 e. The highest BCUT2D eigenvalue weighted by molar-refractivity contribution is 6.20. The van der Waals surface area contributed by atoms with E-state index in [1.165, 1.54) is 0 Å². The van der Waals surface area contributed by atoms with E-state index in [1.54, 1.807) is 0 Å². The number of benzene rings is 1. The monoisotopic (exact) mass is 283 g/mol. The zero-order chi connectivity index (χ0) is 14.1. The number of hydrogen-bond donors (Lipinski definition) is 1. The zero-order valence-corrected chi connectivity index (χ0v) is 12.4. The number of carbonyl (C=O) groups is 1. The molecule has 0 aliphatic rings. The molecule has 1 atom stereocenters. The van der Waals surface area contributed by atoms with E-state index < -0.39 is 0 Å². The second-order valence-electron chi connectivity index (χ2n) is 4.56. The van der Waals surface area contributed by atoms with Crippen LogP contribution >= 0.6 is 11.6 Å². The summed E-state index contributed by atoms with van der Waals surface area (Å²) in [5.74, 6) is 0.812. The van der Waals surface area contributed by atoms with Gasteiger partial charge in [0.25, 0.3) is 0 Å². The third kappa shape index (κ3) is 7.06. The lowest BCUT2D eigenvalue weighted by molar-refractivity contribution is -0.121. The van der Waals surface area contributed by atoms with Gasteiger partial charge in [0.1, 0.15) is 5.75 Å². The number of halogens is 1.